The van der Waals surface area contributed by atoms with Crippen molar-refractivity contribution < 1.29 is 13.2 Å². The number of fused-ring (bicyclic) bond motifs is 2. The first kappa shape index (κ1) is 15.6. The summed E-state index contributed by atoms with van der Waals surface area (Å²) < 4.78 is 27.6. The third kappa shape index (κ3) is 2.38. The van der Waals surface area contributed by atoms with Crippen molar-refractivity contribution in [3.05, 3.63) is 30.1 Å². The molecule has 1 heterocycles. The zero-order valence-corrected chi connectivity index (χ0v) is 13.8. The molecule has 0 spiro atoms. The van der Waals surface area contributed by atoms with Gasteiger partial charge in [-0.25, -0.2) is 13.1 Å². The molecular weight excluding hydrogens is 300 g/mol. The van der Waals surface area contributed by atoms with Crippen LogP contribution in [0.3, 0.4) is 0 Å². The molecule has 2 aliphatic rings. The van der Waals surface area contributed by atoms with Gasteiger partial charge in [-0.1, -0.05) is 13.8 Å². The van der Waals surface area contributed by atoms with E-state index < -0.39 is 15.4 Å². The molecule has 0 unspecified atom stereocenters. The molecule has 2 aliphatic carbocycles. The number of rotatable bonds is 5. The van der Waals surface area contributed by atoms with Crippen LogP contribution in [0.25, 0.3) is 0 Å². The molecule has 5 nitrogen and oxygen atoms in total. The SMILES string of the molecule is CC1(C)[C@H]2CC[C@]1(CS(=O)(=O)NCc1ccncc1)C(=O)C2. The predicted octanol–water partition coefficient (Wildman–Crippen LogP) is 1.90. The Morgan fingerprint density at radius 3 is 2.55 bits per heavy atom. The zero-order chi connectivity index (χ0) is 16.0. The molecule has 0 aromatic carbocycles. The van der Waals surface area contributed by atoms with Crippen LogP contribution in [0, 0.1) is 16.7 Å². The molecule has 1 aromatic rings. The zero-order valence-electron chi connectivity index (χ0n) is 13.0. The van der Waals surface area contributed by atoms with Crippen LogP contribution in [0.5, 0.6) is 0 Å². The van der Waals surface area contributed by atoms with Gasteiger partial charge in [0.05, 0.1) is 5.75 Å². The van der Waals surface area contributed by atoms with Crippen LogP contribution in [0.4, 0.5) is 0 Å². The van der Waals surface area contributed by atoms with E-state index in [1.807, 2.05) is 13.8 Å². The molecule has 6 heteroatoms. The minimum Gasteiger partial charge on any atom is -0.299 e. The van der Waals surface area contributed by atoms with E-state index in [2.05, 4.69) is 9.71 Å². The fourth-order valence-corrected chi connectivity index (χ4v) is 5.99. The second-order valence-corrected chi connectivity index (χ2v) is 8.91. The summed E-state index contributed by atoms with van der Waals surface area (Å²) in [6.07, 6.45) is 5.45. The Morgan fingerprint density at radius 2 is 2.00 bits per heavy atom. The number of hydrogen-bond donors (Lipinski definition) is 1. The van der Waals surface area contributed by atoms with Crippen molar-refractivity contribution in [2.75, 3.05) is 5.75 Å². The largest absolute Gasteiger partial charge is 0.299 e. The summed E-state index contributed by atoms with van der Waals surface area (Å²) in [5.41, 5.74) is -0.0746. The molecule has 2 saturated carbocycles. The van der Waals surface area contributed by atoms with Crippen molar-refractivity contribution in [3.63, 3.8) is 0 Å². The quantitative estimate of drug-likeness (QED) is 0.898. The summed E-state index contributed by atoms with van der Waals surface area (Å²) >= 11 is 0. The van der Waals surface area contributed by atoms with Gasteiger partial charge in [0.15, 0.2) is 0 Å². The Morgan fingerprint density at radius 1 is 1.32 bits per heavy atom. The van der Waals surface area contributed by atoms with Crippen LogP contribution in [0.15, 0.2) is 24.5 Å². The smallest absolute Gasteiger partial charge is 0.212 e. The number of nitrogens with zero attached hydrogens (tertiary/aromatic N) is 1. The van der Waals surface area contributed by atoms with Gasteiger partial charge in [-0.15, -0.1) is 0 Å². The van der Waals surface area contributed by atoms with Crippen molar-refractivity contribution in [2.24, 2.45) is 16.7 Å². The van der Waals surface area contributed by atoms with E-state index in [1.54, 1.807) is 24.5 Å². The van der Waals surface area contributed by atoms with Gasteiger partial charge in [0.25, 0.3) is 0 Å². The van der Waals surface area contributed by atoms with Crippen LogP contribution in [-0.4, -0.2) is 24.9 Å². The standard InChI is InChI=1S/C16H22N2O3S/c1-15(2)13-3-6-16(15,14(19)9-13)11-22(20,21)18-10-12-4-7-17-8-5-12/h4-5,7-8,13,18H,3,6,9-11H2,1-2H3/t13-,16-/m0/s1. The molecule has 0 amide bonds. The lowest BCUT2D eigenvalue weighted by Crippen LogP contribution is -2.45. The van der Waals surface area contributed by atoms with Gasteiger partial charge >= 0.3 is 0 Å². The summed E-state index contributed by atoms with van der Waals surface area (Å²) in [5, 5.41) is 0. The highest BCUT2D eigenvalue weighted by Crippen LogP contribution is 2.64. The Balaban J connectivity index is 1.75. The normalized spacial score (nSPS) is 29.9. The fraction of sp³-hybridized carbons (Fsp3) is 0.625. The molecule has 1 aromatic heterocycles. The lowest BCUT2D eigenvalue weighted by molar-refractivity contribution is -0.128. The van der Waals surface area contributed by atoms with Crippen molar-refractivity contribution >= 4 is 15.8 Å². The van der Waals surface area contributed by atoms with Crippen LogP contribution in [0.1, 0.15) is 38.7 Å². The average Bonchev–Trinajstić information content (AvgIpc) is 2.80. The number of aromatic nitrogens is 1. The minimum atomic E-state index is -3.50. The fourth-order valence-electron chi connectivity index (χ4n) is 4.18. The monoisotopic (exact) mass is 322 g/mol. The van der Waals surface area contributed by atoms with Gasteiger partial charge in [0, 0.05) is 30.8 Å². The number of carbonyl (C=O) groups excluding carboxylic acids is 1. The first-order valence-corrected chi connectivity index (χ1v) is 9.32. The third-order valence-electron chi connectivity index (χ3n) is 5.82. The van der Waals surface area contributed by atoms with E-state index in [1.165, 1.54) is 0 Å². The molecule has 2 atom stereocenters. The Hall–Kier alpha value is -1.27. The molecule has 0 saturated heterocycles. The molecule has 120 valence electrons. The van der Waals surface area contributed by atoms with Crippen LogP contribution in [-0.2, 0) is 21.4 Å². The molecule has 0 radical (unpaired) electrons. The molecule has 1 N–H and O–H groups in total. The van der Waals surface area contributed by atoms with Gasteiger partial charge in [-0.2, -0.15) is 0 Å². The van der Waals surface area contributed by atoms with E-state index in [0.717, 1.165) is 12.0 Å². The average molecular weight is 322 g/mol. The summed E-state index contributed by atoms with van der Waals surface area (Å²) in [6, 6.07) is 3.55. The van der Waals surface area contributed by atoms with Gasteiger partial charge in [0.1, 0.15) is 5.78 Å². The molecular formula is C16H22N2O3S. The van der Waals surface area contributed by atoms with Gasteiger partial charge in [0.2, 0.25) is 10.0 Å². The molecule has 2 fully saturated rings. The van der Waals surface area contributed by atoms with Gasteiger partial charge in [-0.05, 0) is 41.9 Å². The van der Waals surface area contributed by atoms with E-state index in [9.17, 15) is 13.2 Å². The molecule has 2 bridgehead atoms. The summed E-state index contributed by atoms with van der Waals surface area (Å²) in [6.45, 7) is 4.33. The van der Waals surface area contributed by atoms with Crippen molar-refractivity contribution in [1.82, 2.24) is 9.71 Å². The first-order valence-electron chi connectivity index (χ1n) is 7.66. The molecule has 0 aliphatic heterocycles. The maximum absolute atomic E-state index is 12.5. The third-order valence-corrected chi connectivity index (χ3v) is 7.28. The number of nitrogens with one attached hydrogen (secondary N) is 1. The van der Waals surface area contributed by atoms with Crippen LogP contribution >= 0.6 is 0 Å². The number of Topliss-reactive ketones (excluding diaryl/α,β-unsaturated/α-hetero) is 1. The second kappa shape index (κ2) is 5.13. The van der Waals surface area contributed by atoms with Crippen molar-refractivity contribution in [3.8, 4) is 0 Å². The Labute approximate surface area is 131 Å². The highest BCUT2D eigenvalue weighted by Gasteiger charge is 2.65. The highest BCUT2D eigenvalue weighted by atomic mass is 32.2. The molecule has 3 rings (SSSR count). The van der Waals surface area contributed by atoms with E-state index in [0.29, 0.717) is 18.8 Å². The second-order valence-electron chi connectivity index (χ2n) is 7.10. The topological polar surface area (TPSA) is 76.1 Å². The van der Waals surface area contributed by atoms with E-state index in [-0.39, 0.29) is 23.5 Å². The number of carbonyl (C=O) groups is 1. The molecule has 22 heavy (non-hydrogen) atoms. The van der Waals surface area contributed by atoms with E-state index >= 15 is 0 Å². The van der Waals surface area contributed by atoms with Crippen molar-refractivity contribution in [1.29, 1.82) is 0 Å². The number of ketones is 1. The highest BCUT2D eigenvalue weighted by molar-refractivity contribution is 7.89. The lowest BCUT2D eigenvalue weighted by atomic mass is 9.70. The summed E-state index contributed by atoms with van der Waals surface area (Å²) in [5.74, 6) is 0.367. The first-order chi connectivity index (χ1) is 10.3. The minimum absolute atomic E-state index is 0.0899. The Kier molecular flexibility index (Phi) is 3.64. The van der Waals surface area contributed by atoms with Gasteiger partial charge in [-0.3, -0.25) is 9.78 Å². The number of sulfonamides is 1. The van der Waals surface area contributed by atoms with Gasteiger partial charge < -0.3 is 0 Å². The number of pyridine rings is 1. The predicted molar refractivity (Wildman–Crippen MR) is 83.4 cm³/mol. The Bertz CT molecular complexity index is 685. The lowest BCUT2D eigenvalue weighted by Gasteiger charge is -2.36. The van der Waals surface area contributed by atoms with Crippen LogP contribution < -0.4 is 4.72 Å². The summed E-state index contributed by atoms with van der Waals surface area (Å²) in [4.78, 5) is 16.3. The van der Waals surface area contributed by atoms with Crippen molar-refractivity contribution in [2.45, 2.75) is 39.7 Å². The maximum Gasteiger partial charge on any atom is 0.212 e. The maximum atomic E-state index is 12.5. The van der Waals surface area contributed by atoms with Crippen LogP contribution in [0.2, 0.25) is 0 Å². The number of hydrogen-bond acceptors (Lipinski definition) is 4. The summed E-state index contributed by atoms with van der Waals surface area (Å²) in [7, 11) is -3.50. The van der Waals surface area contributed by atoms with E-state index in [4.69, 9.17) is 0 Å².